The summed E-state index contributed by atoms with van der Waals surface area (Å²) in [6, 6.07) is 15.3. The summed E-state index contributed by atoms with van der Waals surface area (Å²) >= 11 is 0. The largest absolute Gasteiger partial charge is 0.507 e. The lowest BCUT2D eigenvalue weighted by molar-refractivity contribution is 0.408. The fraction of sp³-hybridized carbons (Fsp3) is 0.118. The average Bonchev–Trinajstić information content (AvgIpc) is 2.97. The first-order chi connectivity index (χ1) is 10.2. The summed E-state index contributed by atoms with van der Waals surface area (Å²) in [7, 11) is 1.57. The number of nitrogens with zero attached hydrogens (tertiary/aromatic N) is 1. The lowest BCUT2D eigenvalue weighted by atomic mass is 10.1. The molecule has 0 saturated heterocycles. The first-order valence-electron chi connectivity index (χ1n) is 6.67. The summed E-state index contributed by atoms with van der Waals surface area (Å²) in [5, 5.41) is 17.3. The second kappa shape index (κ2) is 5.32. The van der Waals surface area contributed by atoms with Crippen molar-refractivity contribution in [3.8, 4) is 34.0 Å². The quantitative estimate of drug-likeness (QED) is 0.768. The van der Waals surface area contributed by atoms with Gasteiger partial charge in [-0.25, -0.2) is 0 Å². The summed E-state index contributed by atoms with van der Waals surface area (Å²) in [5.74, 6) is 0.781. The molecular formula is C17H16N2O2. The Morgan fingerprint density at radius 1 is 1.05 bits per heavy atom. The number of H-pyrrole nitrogens is 1. The second-order valence-electron chi connectivity index (χ2n) is 4.92. The maximum atomic E-state index is 10.1. The van der Waals surface area contributed by atoms with Crippen LogP contribution in [0.15, 0.2) is 48.5 Å². The lowest BCUT2D eigenvalue weighted by Gasteiger charge is -2.04. The zero-order valence-electron chi connectivity index (χ0n) is 11.9. The summed E-state index contributed by atoms with van der Waals surface area (Å²) in [4.78, 5) is 0. The third-order valence-corrected chi connectivity index (χ3v) is 3.42. The number of methoxy groups -OCH3 is 1. The first-order valence-corrected chi connectivity index (χ1v) is 6.67. The topological polar surface area (TPSA) is 58.1 Å². The molecule has 0 unspecified atom stereocenters. The molecule has 0 aliphatic heterocycles. The van der Waals surface area contributed by atoms with Crippen molar-refractivity contribution in [2.24, 2.45) is 0 Å². The van der Waals surface area contributed by atoms with Crippen LogP contribution in [-0.4, -0.2) is 22.4 Å². The van der Waals surface area contributed by atoms with E-state index >= 15 is 0 Å². The van der Waals surface area contributed by atoms with Gasteiger partial charge in [-0.3, -0.25) is 5.10 Å². The third-order valence-electron chi connectivity index (χ3n) is 3.42. The van der Waals surface area contributed by atoms with Gasteiger partial charge in [0, 0.05) is 17.2 Å². The van der Waals surface area contributed by atoms with E-state index in [2.05, 4.69) is 29.3 Å². The molecule has 0 amide bonds. The number of nitrogens with one attached hydrogen (secondary N) is 1. The molecule has 3 rings (SSSR count). The van der Waals surface area contributed by atoms with E-state index in [9.17, 15) is 5.11 Å². The van der Waals surface area contributed by atoms with Gasteiger partial charge in [0.05, 0.1) is 18.5 Å². The molecule has 1 heterocycles. The minimum Gasteiger partial charge on any atom is -0.507 e. The molecule has 0 aliphatic carbocycles. The van der Waals surface area contributed by atoms with Crippen molar-refractivity contribution in [1.82, 2.24) is 10.2 Å². The Morgan fingerprint density at radius 2 is 1.81 bits per heavy atom. The van der Waals surface area contributed by atoms with Gasteiger partial charge in [-0.05, 0) is 25.1 Å². The van der Waals surface area contributed by atoms with Crippen LogP contribution in [0.4, 0.5) is 0 Å². The van der Waals surface area contributed by atoms with Gasteiger partial charge in [0.15, 0.2) is 0 Å². The number of hydrogen-bond donors (Lipinski definition) is 2. The van der Waals surface area contributed by atoms with E-state index in [-0.39, 0.29) is 5.75 Å². The Bertz CT molecular complexity index is 761. The van der Waals surface area contributed by atoms with Crippen LogP contribution in [-0.2, 0) is 0 Å². The molecule has 0 atom stereocenters. The molecular weight excluding hydrogens is 264 g/mol. The van der Waals surface area contributed by atoms with Crippen molar-refractivity contribution >= 4 is 0 Å². The molecule has 0 saturated carbocycles. The molecule has 4 nitrogen and oxygen atoms in total. The van der Waals surface area contributed by atoms with Crippen LogP contribution in [0, 0.1) is 6.92 Å². The van der Waals surface area contributed by atoms with E-state index in [4.69, 9.17) is 4.74 Å². The Kier molecular flexibility index (Phi) is 3.36. The van der Waals surface area contributed by atoms with Crippen LogP contribution in [0.3, 0.4) is 0 Å². The van der Waals surface area contributed by atoms with Gasteiger partial charge < -0.3 is 9.84 Å². The number of rotatable bonds is 3. The van der Waals surface area contributed by atoms with Gasteiger partial charge in [-0.2, -0.15) is 5.10 Å². The van der Waals surface area contributed by atoms with E-state index < -0.39 is 0 Å². The highest BCUT2D eigenvalue weighted by atomic mass is 16.5. The van der Waals surface area contributed by atoms with Crippen LogP contribution in [0.25, 0.3) is 22.5 Å². The Balaban J connectivity index is 1.96. The normalized spacial score (nSPS) is 10.6. The van der Waals surface area contributed by atoms with Gasteiger partial charge in [0.2, 0.25) is 0 Å². The molecule has 4 heteroatoms. The van der Waals surface area contributed by atoms with E-state index in [1.54, 1.807) is 25.3 Å². The number of phenolic OH excluding ortho intramolecular Hbond substituents is 1. The van der Waals surface area contributed by atoms with Crippen LogP contribution in [0.1, 0.15) is 5.56 Å². The highest BCUT2D eigenvalue weighted by Crippen LogP contribution is 2.32. The number of benzene rings is 2. The average molecular weight is 280 g/mol. The molecule has 0 aliphatic rings. The smallest absolute Gasteiger partial charge is 0.128 e. The van der Waals surface area contributed by atoms with Crippen molar-refractivity contribution in [1.29, 1.82) is 0 Å². The van der Waals surface area contributed by atoms with E-state index in [1.165, 1.54) is 5.56 Å². The molecule has 3 aromatic rings. The predicted octanol–water partition coefficient (Wildman–Crippen LogP) is 3.77. The summed E-state index contributed by atoms with van der Waals surface area (Å²) in [6.45, 7) is 2.05. The molecule has 106 valence electrons. The fourth-order valence-electron chi connectivity index (χ4n) is 2.20. The van der Waals surface area contributed by atoms with Gasteiger partial charge in [-0.1, -0.05) is 29.8 Å². The van der Waals surface area contributed by atoms with Gasteiger partial charge >= 0.3 is 0 Å². The van der Waals surface area contributed by atoms with Gasteiger partial charge in [-0.15, -0.1) is 0 Å². The molecule has 21 heavy (non-hydrogen) atoms. The van der Waals surface area contributed by atoms with Crippen LogP contribution < -0.4 is 4.74 Å². The van der Waals surface area contributed by atoms with E-state index in [0.29, 0.717) is 11.3 Å². The molecule has 1 aromatic heterocycles. The zero-order chi connectivity index (χ0) is 14.8. The molecule has 0 spiro atoms. The van der Waals surface area contributed by atoms with Crippen molar-refractivity contribution in [3.05, 3.63) is 54.1 Å². The highest BCUT2D eigenvalue weighted by molar-refractivity contribution is 5.72. The predicted molar refractivity (Wildman–Crippen MR) is 82.4 cm³/mol. The summed E-state index contributed by atoms with van der Waals surface area (Å²) in [6.07, 6.45) is 0. The van der Waals surface area contributed by atoms with Crippen LogP contribution in [0.2, 0.25) is 0 Å². The lowest BCUT2D eigenvalue weighted by Crippen LogP contribution is -1.84. The molecule has 2 N–H and O–H groups in total. The van der Waals surface area contributed by atoms with Crippen molar-refractivity contribution in [3.63, 3.8) is 0 Å². The van der Waals surface area contributed by atoms with Gasteiger partial charge in [0.1, 0.15) is 11.5 Å². The van der Waals surface area contributed by atoms with E-state index in [1.807, 2.05) is 18.2 Å². The summed E-state index contributed by atoms with van der Waals surface area (Å²) in [5.41, 5.74) is 4.56. The highest BCUT2D eigenvalue weighted by Gasteiger charge is 2.10. The third kappa shape index (κ3) is 2.60. The van der Waals surface area contributed by atoms with E-state index in [0.717, 1.165) is 17.0 Å². The Morgan fingerprint density at radius 3 is 2.48 bits per heavy atom. The Hall–Kier alpha value is -2.75. The molecule has 0 radical (unpaired) electrons. The second-order valence-corrected chi connectivity index (χ2v) is 4.92. The number of phenols is 1. The maximum Gasteiger partial charge on any atom is 0.128 e. The molecule has 2 aromatic carbocycles. The minimum absolute atomic E-state index is 0.161. The van der Waals surface area contributed by atoms with Crippen LogP contribution in [0.5, 0.6) is 11.5 Å². The van der Waals surface area contributed by atoms with Crippen molar-refractivity contribution < 1.29 is 9.84 Å². The maximum absolute atomic E-state index is 10.1. The van der Waals surface area contributed by atoms with Crippen LogP contribution >= 0.6 is 0 Å². The monoisotopic (exact) mass is 280 g/mol. The molecule has 0 bridgehead atoms. The van der Waals surface area contributed by atoms with Crippen molar-refractivity contribution in [2.75, 3.05) is 7.11 Å². The number of aromatic hydroxyl groups is 1. The molecule has 0 fully saturated rings. The minimum atomic E-state index is 0.161. The number of hydrogen-bond acceptors (Lipinski definition) is 3. The SMILES string of the molecule is COc1ccc(-c2cc(-c3ccc(C)cc3)n[nH]2)c(O)c1. The van der Waals surface area contributed by atoms with Crippen molar-refractivity contribution in [2.45, 2.75) is 6.92 Å². The fourth-order valence-corrected chi connectivity index (χ4v) is 2.20. The number of aromatic amines is 1. The first kappa shape index (κ1) is 13.2. The number of aryl methyl sites for hydroxylation is 1. The standard InChI is InChI=1S/C17H16N2O2/c1-11-3-5-12(6-4-11)15-10-16(19-18-15)14-8-7-13(21-2)9-17(14)20/h3-10,20H,1-2H3,(H,18,19). The Labute approximate surface area is 123 Å². The van der Waals surface area contributed by atoms with Gasteiger partial charge in [0.25, 0.3) is 0 Å². The zero-order valence-corrected chi connectivity index (χ0v) is 11.9. The number of aromatic nitrogens is 2. The summed E-state index contributed by atoms with van der Waals surface area (Å²) < 4.78 is 5.09. The number of ether oxygens (including phenoxy) is 1.